The van der Waals surface area contributed by atoms with E-state index >= 15 is 0 Å². The van der Waals surface area contributed by atoms with Gasteiger partial charge in [0, 0.05) is 32.1 Å². The number of hydrogen-bond acceptors (Lipinski definition) is 2. The summed E-state index contributed by atoms with van der Waals surface area (Å²) in [5.41, 5.74) is -0.141. The van der Waals surface area contributed by atoms with Crippen LogP contribution in [-0.4, -0.2) is 47.8 Å². The fourth-order valence-corrected chi connectivity index (χ4v) is 4.02. The molecule has 2 amide bonds. The molecule has 0 bridgehead atoms. The number of rotatable bonds is 3. The number of hydrogen-bond donors (Lipinski definition) is 0. The van der Waals surface area contributed by atoms with Crippen LogP contribution in [-0.2, 0) is 22.2 Å². The molecule has 28 heavy (non-hydrogen) atoms. The fraction of sp³-hybridized carbons (Fsp3) is 0.619. The van der Waals surface area contributed by atoms with Crippen molar-refractivity contribution in [2.24, 2.45) is 5.92 Å². The van der Waals surface area contributed by atoms with Crippen molar-refractivity contribution in [3.05, 3.63) is 35.4 Å². The molecule has 4 nitrogen and oxygen atoms in total. The van der Waals surface area contributed by atoms with Crippen LogP contribution in [0.25, 0.3) is 0 Å². The third kappa shape index (κ3) is 5.26. The highest BCUT2D eigenvalue weighted by Gasteiger charge is 2.31. The van der Waals surface area contributed by atoms with E-state index in [0.29, 0.717) is 31.5 Å². The molecule has 2 saturated heterocycles. The van der Waals surface area contributed by atoms with Gasteiger partial charge in [-0.3, -0.25) is 9.59 Å². The maximum Gasteiger partial charge on any atom is 0.416 e. The van der Waals surface area contributed by atoms with E-state index in [-0.39, 0.29) is 24.2 Å². The molecule has 0 unspecified atom stereocenters. The Kier molecular flexibility index (Phi) is 6.62. The van der Waals surface area contributed by atoms with Gasteiger partial charge in [-0.1, -0.05) is 25.0 Å². The van der Waals surface area contributed by atoms with Crippen LogP contribution in [0.5, 0.6) is 0 Å². The second kappa shape index (κ2) is 8.97. The second-order valence-corrected chi connectivity index (χ2v) is 7.77. The van der Waals surface area contributed by atoms with E-state index in [0.717, 1.165) is 38.1 Å². The number of carbonyl (C=O) groups is 2. The summed E-state index contributed by atoms with van der Waals surface area (Å²) >= 11 is 0. The van der Waals surface area contributed by atoms with Gasteiger partial charge in [0.15, 0.2) is 0 Å². The van der Waals surface area contributed by atoms with Gasteiger partial charge in [-0.15, -0.1) is 0 Å². The molecule has 2 fully saturated rings. The van der Waals surface area contributed by atoms with Gasteiger partial charge in [0.1, 0.15) is 0 Å². The lowest BCUT2D eigenvalue weighted by molar-refractivity contribution is -0.140. The molecule has 0 atom stereocenters. The SMILES string of the molecule is O=C(Cc1ccc(C(F)(F)F)cc1)N1CCC(C(=O)N2CCCCCC2)CC1. The first-order valence-corrected chi connectivity index (χ1v) is 10.1. The van der Waals surface area contributed by atoms with E-state index < -0.39 is 11.7 Å². The standard InChI is InChI=1S/C21H27F3N2O2/c22-21(23,24)18-7-5-16(6-8-18)15-19(27)25-13-9-17(10-14-25)20(28)26-11-3-1-2-4-12-26/h5-8,17H,1-4,9-15H2. The monoisotopic (exact) mass is 396 g/mol. The summed E-state index contributed by atoms with van der Waals surface area (Å²) in [4.78, 5) is 28.9. The molecule has 0 aliphatic carbocycles. The van der Waals surface area contributed by atoms with Crippen molar-refractivity contribution in [3.8, 4) is 0 Å². The molecular weight excluding hydrogens is 369 g/mol. The van der Waals surface area contributed by atoms with E-state index in [4.69, 9.17) is 0 Å². The van der Waals surface area contributed by atoms with Gasteiger partial charge in [-0.2, -0.15) is 13.2 Å². The Morgan fingerprint density at radius 3 is 1.96 bits per heavy atom. The molecule has 3 rings (SSSR count). The maximum absolute atomic E-state index is 12.7. The third-order valence-electron chi connectivity index (χ3n) is 5.75. The van der Waals surface area contributed by atoms with Gasteiger partial charge in [0.05, 0.1) is 12.0 Å². The summed E-state index contributed by atoms with van der Waals surface area (Å²) in [5, 5.41) is 0. The van der Waals surface area contributed by atoms with E-state index in [1.54, 1.807) is 4.90 Å². The van der Waals surface area contributed by atoms with Crippen LogP contribution in [0.3, 0.4) is 0 Å². The minimum atomic E-state index is -4.37. The molecule has 0 saturated carbocycles. The Labute approximate surface area is 163 Å². The molecule has 2 aliphatic rings. The lowest BCUT2D eigenvalue weighted by Crippen LogP contribution is -2.45. The van der Waals surface area contributed by atoms with Gasteiger partial charge in [0.25, 0.3) is 0 Å². The van der Waals surface area contributed by atoms with Crippen molar-refractivity contribution in [2.45, 2.75) is 51.1 Å². The molecule has 1 aromatic rings. The number of alkyl halides is 3. The Morgan fingerprint density at radius 1 is 0.857 bits per heavy atom. The summed E-state index contributed by atoms with van der Waals surface area (Å²) < 4.78 is 37.9. The first kappa shape index (κ1) is 20.7. The van der Waals surface area contributed by atoms with Crippen LogP contribution in [0.15, 0.2) is 24.3 Å². The summed E-state index contributed by atoms with van der Waals surface area (Å²) in [6, 6.07) is 4.73. The van der Waals surface area contributed by atoms with Gasteiger partial charge in [0.2, 0.25) is 11.8 Å². The quantitative estimate of drug-likeness (QED) is 0.778. The number of benzene rings is 1. The minimum Gasteiger partial charge on any atom is -0.342 e. The maximum atomic E-state index is 12.7. The average molecular weight is 396 g/mol. The van der Waals surface area contributed by atoms with E-state index in [2.05, 4.69) is 0 Å². The molecule has 0 aromatic heterocycles. The summed E-state index contributed by atoms with van der Waals surface area (Å²) in [5.74, 6) is 0.102. The van der Waals surface area contributed by atoms with E-state index in [9.17, 15) is 22.8 Å². The summed E-state index contributed by atoms with van der Waals surface area (Å²) in [7, 11) is 0. The van der Waals surface area contributed by atoms with Crippen molar-refractivity contribution in [2.75, 3.05) is 26.2 Å². The molecule has 154 valence electrons. The van der Waals surface area contributed by atoms with Crippen molar-refractivity contribution in [3.63, 3.8) is 0 Å². The topological polar surface area (TPSA) is 40.6 Å². The molecule has 1 aromatic carbocycles. The number of piperidine rings is 1. The number of halogens is 3. The zero-order valence-corrected chi connectivity index (χ0v) is 16.0. The van der Waals surface area contributed by atoms with Gasteiger partial charge in [-0.25, -0.2) is 0 Å². The molecule has 7 heteroatoms. The number of likely N-dealkylation sites (tertiary alicyclic amines) is 2. The zero-order valence-electron chi connectivity index (χ0n) is 16.0. The normalized spacial score (nSPS) is 19.4. The highest BCUT2D eigenvalue weighted by Crippen LogP contribution is 2.29. The fourth-order valence-electron chi connectivity index (χ4n) is 4.02. The Morgan fingerprint density at radius 2 is 1.43 bits per heavy atom. The Balaban J connectivity index is 1.49. The van der Waals surface area contributed by atoms with Crippen molar-refractivity contribution in [1.29, 1.82) is 0 Å². The molecule has 0 radical (unpaired) electrons. The predicted molar refractivity (Wildman–Crippen MR) is 99.5 cm³/mol. The third-order valence-corrected chi connectivity index (χ3v) is 5.75. The van der Waals surface area contributed by atoms with Gasteiger partial charge < -0.3 is 9.80 Å². The van der Waals surface area contributed by atoms with Crippen molar-refractivity contribution >= 4 is 11.8 Å². The van der Waals surface area contributed by atoms with Crippen LogP contribution >= 0.6 is 0 Å². The Bertz CT molecular complexity index is 672. The second-order valence-electron chi connectivity index (χ2n) is 7.77. The highest BCUT2D eigenvalue weighted by molar-refractivity contribution is 5.81. The van der Waals surface area contributed by atoms with Crippen molar-refractivity contribution in [1.82, 2.24) is 9.80 Å². The van der Waals surface area contributed by atoms with Gasteiger partial charge in [-0.05, 0) is 43.4 Å². The molecule has 0 spiro atoms. The number of nitrogens with zero attached hydrogens (tertiary/aromatic N) is 2. The Hall–Kier alpha value is -2.05. The number of amides is 2. The largest absolute Gasteiger partial charge is 0.416 e. The lowest BCUT2D eigenvalue weighted by Gasteiger charge is -2.34. The average Bonchev–Trinajstić information content (AvgIpc) is 2.97. The highest BCUT2D eigenvalue weighted by atomic mass is 19.4. The van der Waals surface area contributed by atoms with Crippen LogP contribution in [0, 0.1) is 5.92 Å². The van der Waals surface area contributed by atoms with E-state index in [1.165, 1.54) is 25.0 Å². The first-order valence-electron chi connectivity index (χ1n) is 10.1. The van der Waals surface area contributed by atoms with Crippen LogP contribution in [0.2, 0.25) is 0 Å². The molecule has 0 N–H and O–H groups in total. The first-order chi connectivity index (χ1) is 13.3. The molecular formula is C21H27F3N2O2. The molecule has 2 heterocycles. The lowest BCUT2D eigenvalue weighted by atomic mass is 9.94. The molecule has 2 aliphatic heterocycles. The van der Waals surface area contributed by atoms with Crippen LogP contribution < -0.4 is 0 Å². The summed E-state index contributed by atoms with van der Waals surface area (Å²) in [6.07, 6.45) is 1.53. The number of carbonyl (C=O) groups excluding carboxylic acids is 2. The van der Waals surface area contributed by atoms with Crippen molar-refractivity contribution < 1.29 is 22.8 Å². The van der Waals surface area contributed by atoms with Crippen LogP contribution in [0.4, 0.5) is 13.2 Å². The van der Waals surface area contributed by atoms with E-state index in [1.807, 2.05) is 4.90 Å². The predicted octanol–water partition coefficient (Wildman–Crippen LogP) is 3.89. The summed E-state index contributed by atoms with van der Waals surface area (Å²) in [6.45, 7) is 2.74. The van der Waals surface area contributed by atoms with Gasteiger partial charge >= 0.3 is 6.18 Å². The minimum absolute atomic E-state index is 0.0202. The van der Waals surface area contributed by atoms with Crippen LogP contribution in [0.1, 0.15) is 49.7 Å². The smallest absolute Gasteiger partial charge is 0.342 e. The zero-order chi connectivity index (χ0) is 20.1.